The van der Waals surface area contributed by atoms with Gasteiger partial charge in [-0.05, 0) is 90.3 Å². The zero-order chi connectivity index (χ0) is 36.4. The van der Waals surface area contributed by atoms with Crippen LogP contribution in [0.3, 0.4) is 0 Å². The van der Waals surface area contributed by atoms with E-state index in [-0.39, 0.29) is 36.3 Å². The number of carbonyl (C=O) groups excluding carboxylic acids is 3. The van der Waals surface area contributed by atoms with E-state index in [0.29, 0.717) is 33.6 Å². The van der Waals surface area contributed by atoms with Crippen LogP contribution in [0.5, 0.6) is 0 Å². The predicted octanol–water partition coefficient (Wildman–Crippen LogP) is 6.71. The molecule has 0 radical (unpaired) electrons. The summed E-state index contributed by atoms with van der Waals surface area (Å²) in [6.45, 7) is 0. The first-order chi connectivity index (χ1) is 23.8. The summed E-state index contributed by atoms with van der Waals surface area (Å²) in [5.41, 5.74) is 5.55. The number of halogens is 6. The van der Waals surface area contributed by atoms with Crippen molar-refractivity contribution in [3.63, 3.8) is 0 Å². The van der Waals surface area contributed by atoms with Crippen molar-refractivity contribution in [2.75, 3.05) is 23.9 Å². The van der Waals surface area contributed by atoms with E-state index in [1.165, 1.54) is 23.9 Å². The molecule has 4 amide bonds. The Hall–Kier alpha value is -4.38. The lowest BCUT2D eigenvalue weighted by molar-refractivity contribution is -0.122. The van der Waals surface area contributed by atoms with Gasteiger partial charge in [-0.15, -0.1) is 0 Å². The Labute approximate surface area is 298 Å². The number of likely N-dealkylation sites (N-methyl/N-ethyl adjacent to an activating group) is 2. The van der Waals surface area contributed by atoms with Crippen LogP contribution in [0.1, 0.15) is 11.1 Å². The molecule has 0 heterocycles. The second kappa shape index (κ2) is 18.0. The maximum atomic E-state index is 13.9. The summed E-state index contributed by atoms with van der Waals surface area (Å²) in [7, 11) is 2.92. The molecule has 2 atom stereocenters. The first-order valence-electron chi connectivity index (χ1n) is 14.6. The number of nitrogens with zero attached hydrogens (tertiary/aromatic N) is 2. The number of benzene rings is 4. The first-order valence-corrected chi connectivity index (χ1v) is 16.0. The van der Waals surface area contributed by atoms with Gasteiger partial charge in [0.15, 0.2) is 0 Å². The molecule has 0 saturated heterocycles. The Balaban J connectivity index is 1.39. The minimum absolute atomic E-state index is 0.0888. The van der Waals surface area contributed by atoms with Crippen molar-refractivity contribution in [1.82, 2.24) is 16.3 Å². The molecule has 4 aromatic rings. The summed E-state index contributed by atoms with van der Waals surface area (Å²) in [4.78, 5) is 42.0. The van der Waals surface area contributed by atoms with Crippen LogP contribution in [0.15, 0.2) is 84.9 Å². The fourth-order valence-corrected chi connectivity index (χ4v) is 5.25. The molecule has 0 aliphatic heterocycles. The maximum Gasteiger partial charge on any atom is 0.340 e. The molecule has 0 saturated carbocycles. The van der Waals surface area contributed by atoms with Gasteiger partial charge in [-0.1, -0.05) is 23.2 Å². The van der Waals surface area contributed by atoms with Crippen LogP contribution >= 0.6 is 35.5 Å². The second-order valence-electron chi connectivity index (χ2n) is 10.7. The zero-order valence-electron chi connectivity index (χ0n) is 26.3. The first kappa shape index (κ1) is 38.4. The van der Waals surface area contributed by atoms with Gasteiger partial charge in [-0.3, -0.25) is 9.59 Å². The van der Waals surface area contributed by atoms with Crippen LogP contribution < -0.4 is 26.1 Å². The van der Waals surface area contributed by atoms with Crippen molar-refractivity contribution in [3.05, 3.63) is 129 Å². The Kier molecular flexibility index (Phi) is 13.9. The third-order valence-corrected chi connectivity index (χ3v) is 7.93. The lowest BCUT2D eigenvalue weighted by Gasteiger charge is -2.25. The quantitative estimate of drug-likeness (QED) is 0.0568. The molecule has 17 heteroatoms. The van der Waals surface area contributed by atoms with E-state index < -0.39 is 53.2 Å². The number of hydrogen-bond acceptors (Lipinski definition) is 7. The van der Waals surface area contributed by atoms with Gasteiger partial charge < -0.3 is 15.1 Å². The van der Waals surface area contributed by atoms with Gasteiger partial charge in [0.05, 0.1) is 0 Å². The third-order valence-electron chi connectivity index (χ3n) is 7.11. The number of carbonyl (C=O) groups is 3. The highest BCUT2D eigenvalue weighted by Gasteiger charge is 2.27. The van der Waals surface area contributed by atoms with Crippen molar-refractivity contribution in [1.29, 1.82) is 0 Å². The van der Waals surface area contributed by atoms with Gasteiger partial charge >= 0.3 is 6.03 Å². The molecule has 0 unspecified atom stereocenters. The highest BCUT2D eigenvalue weighted by Crippen LogP contribution is 2.21. The molecule has 4 aromatic carbocycles. The van der Waals surface area contributed by atoms with E-state index >= 15 is 0 Å². The molecular weight excluding hydrogens is 725 g/mol. The minimum Gasteiger partial charge on any atom is -0.324 e. The van der Waals surface area contributed by atoms with E-state index in [1.807, 2.05) is 5.48 Å². The summed E-state index contributed by atoms with van der Waals surface area (Å²) in [5, 5.41) is 3.27. The van der Waals surface area contributed by atoms with Gasteiger partial charge in [0.1, 0.15) is 35.4 Å². The number of hydroxylamine groups is 2. The molecule has 264 valence electrons. The number of hydrogen-bond donors (Lipinski definition) is 3. The molecule has 0 aliphatic carbocycles. The highest BCUT2D eigenvalue weighted by atomic mass is 35.5. The fraction of sp³-hybridized carbons (Fsp3) is 0.182. The van der Waals surface area contributed by atoms with Crippen molar-refractivity contribution < 1.29 is 40.5 Å². The molecule has 0 aromatic heterocycles. The summed E-state index contributed by atoms with van der Waals surface area (Å²) < 4.78 is 65.7. The number of nitrogens with one attached hydrogen (secondary N) is 3. The lowest BCUT2D eigenvalue weighted by Crippen LogP contribution is -2.51. The van der Waals surface area contributed by atoms with Crippen LogP contribution in [0.2, 0.25) is 10.0 Å². The summed E-state index contributed by atoms with van der Waals surface area (Å²) in [6, 6.07) is 14.5. The highest BCUT2D eigenvalue weighted by molar-refractivity contribution is 7.89. The van der Waals surface area contributed by atoms with Gasteiger partial charge in [0, 0.05) is 54.1 Å². The van der Waals surface area contributed by atoms with Crippen molar-refractivity contribution in [2.45, 2.75) is 24.9 Å². The Morgan fingerprint density at radius 3 is 1.50 bits per heavy atom. The molecule has 10 nitrogen and oxygen atoms in total. The predicted molar refractivity (Wildman–Crippen MR) is 182 cm³/mol. The SMILES string of the molecule is CN(C(=O)[C@H](Cc1cc(F)cc(F)c1)NOSONC(=O)N[C@@H](Cc1cc(F)cc(F)c1)C(=O)N(C)c1ccc(Cl)cc1)c1ccc(Cl)cc1. The van der Waals surface area contributed by atoms with E-state index in [9.17, 15) is 31.9 Å². The topological polar surface area (TPSA) is 112 Å². The van der Waals surface area contributed by atoms with Crippen molar-refractivity contribution >= 4 is 64.7 Å². The molecule has 0 spiro atoms. The van der Waals surface area contributed by atoms with Crippen LogP contribution in [0.25, 0.3) is 0 Å². The second-order valence-corrected chi connectivity index (χ2v) is 12.1. The minimum atomic E-state index is -1.33. The smallest absolute Gasteiger partial charge is 0.324 e. The average molecular weight is 755 g/mol. The van der Waals surface area contributed by atoms with Gasteiger partial charge in [-0.2, -0.15) is 14.0 Å². The van der Waals surface area contributed by atoms with E-state index in [0.717, 1.165) is 24.3 Å². The van der Waals surface area contributed by atoms with Gasteiger partial charge in [0.2, 0.25) is 24.1 Å². The Bertz CT molecular complexity index is 1770. The van der Waals surface area contributed by atoms with Crippen molar-refractivity contribution in [2.24, 2.45) is 0 Å². The fourth-order valence-electron chi connectivity index (χ4n) is 4.70. The number of anilines is 2. The summed E-state index contributed by atoms with van der Waals surface area (Å²) in [6.07, 6.45) is -0.513. The van der Waals surface area contributed by atoms with E-state index in [4.69, 9.17) is 31.8 Å². The average Bonchev–Trinajstić information content (AvgIpc) is 3.06. The van der Waals surface area contributed by atoms with E-state index in [2.05, 4.69) is 10.8 Å². The van der Waals surface area contributed by atoms with Crippen LogP contribution in [0.4, 0.5) is 33.7 Å². The normalized spacial score (nSPS) is 12.2. The van der Waals surface area contributed by atoms with Gasteiger partial charge in [-0.25, -0.2) is 27.8 Å². The number of amides is 4. The van der Waals surface area contributed by atoms with Crippen LogP contribution in [-0.2, 0) is 31.0 Å². The molecule has 4 rings (SSSR count). The van der Waals surface area contributed by atoms with Crippen molar-refractivity contribution in [3.8, 4) is 0 Å². The molecule has 3 N–H and O–H groups in total. The zero-order valence-corrected chi connectivity index (χ0v) is 28.6. The summed E-state index contributed by atoms with van der Waals surface area (Å²) >= 11 is 12.1. The molecular formula is C33H29Cl2F4N5O5S. The van der Waals surface area contributed by atoms with Crippen LogP contribution in [0, 0.1) is 23.3 Å². The summed E-state index contributed by atoms with van der Waals surface area (Å²) in [5.74, 6) is -4.63. The largest absolute Gasteiger partial charge is 0.340 e. The monoisotopic (exact) mass is 753 g/mol. The maximum absolute atomic E-state index is 13.9. The van der Waals surface area contributed by atoms with Crippen LogP contribution in [-0.4, -0.2) is 44.0 Å². The molecule has 0 fully saturated rings. The Morgan fingerprint density at radius 1 is 0.660 bits per heavy atom. The lowest BCUT2D eigenvalue weighted by atomic mass is 10.0. The molecule has 0 aliphatic rings. The number of rotatable bonds is 14. The molecule has 0 bridgehead atoms. The third kappa shape index (κ3) is 11.3. The Morgan fingerprint density at radius 2 is 1.06 bits per heavy atom. The number of urea groups is 1. The molecule has 50 heavy (non-hydrogen) atoms. The standard InChI is InChI=1S/C33H29Cl2F4N5O5S/c1-43(27-7-3-21(34)4-8-27)31(45)29(15-19-11-23(36)17-24(37)12-19)40-33(47)42-49-50-48-41-30(16-20-13-25(38)18-26(39)14-20)32(46)44(2)28-9-5-22(35)6-10-28/h3-14,17-18,29-30,41H,15-16H2,1-2H3,(H2,40,42,47)/t29-,30-/m0/s1. The van der Waals surface area contributed by atoms with E-state index in [1.54, 1.807) is 48.5 Å². The van der Waals surface area contributed by atoms with Gasteiger partial charge in [0.25, 0.3) is 0 Å².